The molecule has 0 unspecified atom stereocenters. The van der Waals surface area contributed by atoms with Crippen molar-refractivity contribution in [3.05, 3.63) is 27.1 Å². The molecule has 2 saturated heterocycles. The molecule has 2 aliphatic heterocycles. The van der Waals surface area contributed by atoms with Gasteiger partial charge in [-0.15, -0.1) is 0 Å². The van der Waals surface area contributed by atoms with Crippen LogP contribution in [0.4, 0.5) is 0 Å². The normalized spacial score (nSPS) is 18.3. The van der Waals surface area contributed by atoms with E-state index in [1.807, 2.05) is 13.0 Å². The summed E-state index contributed by atoms with van der Waals surface area (Å²) >= 11 is 10.1. The first-order valence-corrected chi connectivity index (χ1v) is 11.6. The van der Waals surface area contributed by atoms with Crippen molar-refractivity contribution in [1.82, 2.24) is 9.80 Å². The highest BCUT2D eigenvalue weighted by Gasteiger charge is 2.31. The molecular formula is C20H23BrN2O5S2. The number of rotatable bonds is 7. The van der Waals surface area contributed by atoms with Gasteiger partial charge in [-0.3, -0.25) is 14.5 Å². The highest BCUT2D eigenvalue weighted by molar-refractivity contribution is 9.10. The topological polar surface area (TPSA) is 68.3 Å². The van der Waals surface area contributed by atoms with Gasteiger partial charge in [-0.05, 0) is 46.1 Å². The van der Waals surface area contributed by atoms with E-state index in [9.17, 15) is 9.59 Å². The second-order valence-corrected chi connectivity index (χ2v) is 9.18. The van der Waals surface area contributed by atoms with Crippen LogP contribution < -0.4 is 9.47 Å². The molecule has 1 aromatic carbocycles. The predicted octanol–water partition coefficient (Wildman–Crippen LogP) is 3.31. The summed E-state index contributed by atoms with van der Waals surface area (Å²) in [6.07, 6.45) is 2.62. The Morgan fingerprint density at radius 1 is 1.37 bits per heavy atom. The maximum Gasteiger partial charge on any atom is 0.266 e. The number of hydrogen-bond donors (Lipinski definition) is 0. The van der Waals surface area contributed by atoms with Crippen molar-refractivity contribution in [2.75, 3.05) is 46.6 Å². The molecule has 2 amide bonds. The largest absolute Gasteiger partial charge is 0.493 e. The fourth-order valence-electron chi connectivity index (χ4n) is 3.07. The first-order valence-electron chi connectivity index (χ1n) is 9.55. The standard InChI is InChI=1S/C20H23BrN2O5S2/c1-3-4-23-19(25)16(30-20(23)29)11-13-9-14(21)18(15(10-13)26-2)28-12-17(24)22-5-7-27-8-6-22/h9-11H,3-8,12H2,1-2H3/b16-11-. The Balaban J connectivity index is 1.75. The molecule has 10 heteroatoms. The van der Waals surface area contributed by atoms with Crippen molar-refractivity contribution in [2.24, 2.45) is 0 Å². The first-order chi connectivity index (χ1) is 14.4. The molecule has 2 aliphatic rings. The van der Waals surface area contributed by atoms with Crippen LogP contribution in [0.15, 0.2) is 21.5 Å². The Labute approximate surface area is 193 Å². The van der Waals surface area contributed by atoms with Crippen LogP contribution >= 0.6 is 39.9 Å². The summed E-state index contributed by atoms with van der Waals surface area (Å²) < 4.78 is 17.7. The van der Waals surface area contributed by atoms with Crippen LogP contribution in [0.5, 0.6) is 11.5 Å². The maximum atomic E-state index is 12.6. The van der Waals surface area contributed by atoms with Gasteiger partial charge in [0.1, 0.15) is 4.32 Å². The molecule has 0 aromatic heterocycles. The molecule has 0 N–H and O–H groups in total. The number of morpholine rings is 1. The number of benzene rings is 1. The fraction of sp³-hybridized carbons (Fsp3) is 0.450. The number of halogens is 1. The smallest absolute Gasteiger partial charge is 0.266 e. The van der Waals surface area contributed by atoms with Crippen molar-refractivity contribution in [2.45, 2.75) is 13.3 Å². The van der Waals surface area contributed by atoms with Crippen LogP contribution in [-0.4, -0.2) is 72.5 Å². The van der Waals surface area contributed by atoms with Crippen LogP contribution in [0.3, 0.4) is 0 Å². The van der Waals surface area contributed by atoms with Crippen LogP contribution in [0.2, 0.25) is 0 Å². The number of ether oxygens (including phenoxy) is 3. The maximum absolute atomic E-state index is 12.6. The summed E-state index contributed by atoms with van der Waals surface area (Å²) in [5.41, 5.74) is 0.766. The summed E-state index contributed by atoms with van der Waals surface area (Å²) in [6.45, 7) is 4.73. The van der Waals surface area contributed by atoms with Crippen molar-refractivity contribution in [1.29, 1.82) is 0 Å². The lowest BCUT2D eigenvalue weighted by molar-refractivity contribution is -0.137. The quantitative estimate of drug-likeness (QED) is 0.408. The highest BCUT2D eigenvalue weighted by atomic mass is 79.9. The minimum atomic E-state index is -0.101. The van der Waals surface area contributed by atoms with E-state index < -0.39 is 0 Å². The third-order valence-corrected chi connectivity index (χ3v) is 6.54. The van der Waals surface area contributed by atoms with Gasteiger partial charge in [-0.2, -0.15) is 0 Å². The second-order valence-electron chi connectivity index (χ2n) is 6.65. The molecule has 0 aliphatic carbocycles. The van der Waals surface area contributed by atoms with Gasteiger partial charge < -0.3 is 19.1 Å². The van der Waals surface area contributed by atoms with E-state index in [1.54, 1.807) is 21.9 Å². The van der Waals surface area contributed by atoms with E-state index in [-0.39, 0.29) is 18.4 Å². The van der Waals surface area contributed by atoms with Gasteiger partial charge >= 0.3 is 0 Å². The van der Waals surface area contributed by atoms with Gasteiger partial charge in [0, 0.05) is 19.6 Å². The summed E-state index contributed by atoms with van der Waals surface area (Å²) in [4.78, 5) is 28.8. The van der Waals surface area contributed by atoms with Crippen LogP contribution in [0.1, 0.15) is 18.9 Å². The number of thiocarbonyl (C=S) groups is 1. The zero-order valence-corrected chi connectivity index (χ0v) is 20.0. The number of hydrogen-bond acceptors (Lipinski definition) is 7. The van der Waals surface area contributed by atoms with Crippen molar-refractivity contribution >= 4 is 62.1 Å². The third-order valence-electron chi connectivity index (χ3n) is 4.57. The van der Waals surface area contributed by atoms with Gasteiger partial charge in [0.25, 0.3) is 11.8 Å². The van der Waals surface area contributed by atoms with Crippen LogP contribution in [-0.2, 0) is 14.3 Å². The number of carbonyl (C=O) groups is 2. The molecule has 2 fully saturated rings. The van der Waals surface area contributed by atoms with E-state index in [1.165, 1.54) is 18.9 Å². The van der Waals surface area contributed by atoms with E-state index >= 15 is 0 Å². The van der Waals surface area contributed by atoms with Gasteiger partial charge in [0.15, 0.2) is 18.1 Å². The molecule has 7 nitrogen and oxygen atoms in total. The van der Waals surface area contributed by atoms with Crippen LogP contribution in [0, 0.1) is 0 Å². The van der Waals surface area contributed by atoms with Crippen molar-refractivity contribution in [3.8, 4) is 11.5 Å². The molecular weight excluding hydrogens is 492 g/mol. The molecule has 0 spiro atoms. The molecule has 2 heterocycles. The molecule has 3 rings (SSSR count). The van der Waals surface area contributed by atoms with Gasteiger partial charge in [0.05, 0.1) is 29.7 Å². The minimum Gasteiger partial charge on any atom is -0.493 e. The van der Waals surface area contributed by atoms with Crippen molar-refractivity contribution in [3.63, 3.8) is 0 Å². The number of methoxy groups -OCH3 is 1. The lowest BCUT2D eigenvalue weighted by Gasteiger charge is -2.27. The first kappa shape index (κ1) is 23.1. The molecule has 0 bridgehead atoms. The Hall–Kier alpha value is -1.62. The summed E-state index contributed by atoms with van der Waals surface area (Å²) in [5.74, 6) is 0.721. The lowest BCUT2D eigenvalue weighted by Crippen LogP contribution is -2.43. The number of thioether (sulfide) groups is 1. The number of carbonyl (C=O) groups excluding carboxylic acids is 2. The summed E-state index contributed by atoms with van der Waals surface area (Å²) in [7, 11) is 1.53. The van der Waals surface area contributed by atoms with Crippen molar-refractivity contribution < 1.29 is 23.8 Å². The molecule has 0 radical (unpaired) electrons. The average Bonchev–Trinajstić information content (AvgIpc) is 3.00. The third kappa shape index (κ3) is 5.35. The van der Waals surface area contributed by atoms with E-state index in [2.05, 4.69) is 15.9 Å². The summed E-state index contributed by atoms with van der Waals surface area (Å²) in [6, 6.07) is 3.59. The molecule has 30 heavy (non-hydrogen) atoms. The second kappa shape index (κ2) is 10.6. The highest BCUT2D eigenvalue weighted by Crippen LogP contribution is 2.39. The summed E-state index contributed by atoms with van der Waals surface area (Å²) in [5, 5.41) is 0. The zero-order chi connectivity index (χ0) is 21.7. The minimum absolute atomic E-state index is 0.0848. The Kier molecular flexibility index (Phi) is 8.15. The van der Waals surface area contributed by atoms with E-state index in [0.717, 1.165) is 12.0 Å². The van der Waals surface area contributed by atoms with E-state index in [0.29, 0.717) is 58.0 Å². The Morgan fingerprint density at radius 3 is 2.77 bits per heavy atom. The van der Waals surface area contributed by atoms with Gasteiger partial charge in [0.2, 0.25) is 0 Å². The Morgan fingerprint density at radius 2 is 2.10 bits per heavy atom. The molecule has 0 atom stereocenters. The SMILES string of the molecule is CCCN1C(=O)/C(=C/c2cc(Br)c(OCC(=O)N3CCOCC3)c(OC)c2)SC1=S. The average molecular weight is 515 g/mol. The van der Waals surface area contributed by atoms with Gasteiger partial charge in [-0.1, -0.05) is 30.9 Å². The zero-order valence-electron chi connectivity index (χ0n) is 16.8. The predicted molar refractivity (Wildman–Crippen MR) is 124 cm³/mol. The Bertz CT molecular complexity index is 871. The molecule has 0 saturated carbocycles. The van der Waals surface area contributed by atoms with Gasteiger partial charge in [-0.25, -0.2) is 0 Å². The molecule has 1 aromatic rings. The van der Waals surface area contributed by atoms with Crippen LogP contribution in [0.25, 0.3) is 6.08 Å². The van der Waals surface area contributed by atoms with E-state index in [4.69, 9.17) is 26.4 Å². The monoisotopic (exact) mass is 514 g/mol. The molecule has 162 valence electrons. The number of nitrogens with zero attached hydrogens (tertiary/aromatic N) is 2. The lowest BCUT2D eigenvalue weighted by atomic mass is 10.2. The fourth-order valence-corrected chi connectivity index (χ4v) is 4.95. The number of amides is 2.